The van der Waals surface area contributed by atoms with Crippen LogP contribution in [0.3, 0.4) is 0 Å². The third kappa shape index (κ3) is 15.7. The van der Waals surface area contributed by atoms with Gasteiger partial charge in [-0.05, 0) is 230 Å². The van der Waals surface area contributed by atoms with Gasteiger partial charge in [0.25, 0.3) is 0 Å². The first kappa shape index (κ1) is 72.2. The lowest BCUT2D eigenvalue weighted by molar-refractivity contribution is -0.297. The van der Waals surface area contributed by atoms with E-state index < -0.39 is 66.5 Å². The molecule has 8 rings (SSSR count). The molecule has 0 bridgehead atoms. The van der Waals surface area contributed by atoms with Gasteiger partial charge in [0.15, 0.2) is 0 Å². The SMILES string of the molecule is CC1(C)CC(Nc2nc(OC3CC(C)(C)N([O])C(C)(C)C3)nc(N(CCCCCCN(c3nc(NC4CC(C)(C)N([O])C(C)(C)C4)nc(OC4CC(C)(C)N([O])C(C)(C)C4)n3)C3CC(C)(C)N([O])C(C)(C)C3)C3CC(C)(C)N([O])C(C)(C)C3)n2)CC(C)(C)N1[O]. The summed E-state index contributed by atoms with van der Waals surface area (Å²) in [4.78, 5) is 35.3. The highest BCUT2D eigenvalue weighted by Gasteiger charge is 2.54. The molecule has 0 amide bonds. The third-order valence-corrected chi connectivity index (χ3v) is 20.8. The van der Waals surface area contributed by atoms with Crippen LogP contribution in [0, 0.1) is 0 Å². The number of anilines is 4. The van der Waals surface area contributed by atoms with Crippen LogP contribution >= 0.6 is 0 Å². The van der Waals surface area contributed by atoms with Crippen LogP contribution in [0.5, 0.6) is 12.0 Å². The average molecular weight is 1260 g/mol. The molecular formula is C66H116N16O8. The van der Waals surface area contributed by atoms with Crippen molar-refractivity contribution in [2.45, 2.75) is 372 Å². The van der Waals surface area contributed by atoms with E-state index in [0.717, 1.165) is 25.7 Å². The molecule has 0 spiro atoms. The molecule has 2 N–H and O–H groups in total. The third-order valence-electron chi connectivity index (χ3n) is 20.8. The van der Waals surface area contributed by atoms with Crippen molar-refractivity contribution in [1.82, 2.24) is 60.3 Å². The van der Waals surface area contributed by atoms with Crippen LogP contribution in [0.25, 0.3) is 0 Å². The Labute approximate surface area is 540 Å². The van der Waals surface area contributed by atoms with Gasteiger partial charge < -0.3 is 29.9 Å². The second-order valence-electron chi connectivity index (χ2n) is 35.7. The monoisotopic (exact) mass is 1260 g/mol. The molecule has 6 aliphatic heterocycles. The van der Waals surface area contributed by atoms with E-state index in [-0.39, 0.29) is 48.4 Å². The Morgan fingerprint density at radius 2 is 0.544 bits per heavy atom. The zero-order chi connectivity index (χ0) is 67.3. The molecule has 508 valence electrons. The fourth-order valence-electron chi connectivity index (χ4n) is 17.8. The summed E-state index contributed by atoms with van der Waals surface area (Å²) in [5.74, 6) is 1.56. The highest BCUT2D eigenvalue weighted by atomic mass is 16.5. The van der Waals surface area contributed by atoms with Crippen LogP contribution in [0.15, 0.2) is 0 Å². The van der Waals surface area contributed by atoms with Crippen molar-refractivity contribution in [3.05, 3.63) is 0 Å². The number of piperidine rings is 6. The zero-order valence-corrected chi connectivity index (χ0v) is 59.7. The summed E-state index contributed by atoms with van der Waals surface area (Å²) >= 11 is 0. The lowest BCUT2D eigenvalue weighted by Crippen LogP contribution is -2.62. The number of nitrogens with zero attached hydrogens (tertiary/aromatic N) is 14. The number of unbranched alkanes of at least 4 members (excludes halogenated alkanes) is 3. The standard InChI is InChI=1S/C66H116N16O8/c1-55(2)31-43(32-56(3,4)77(55)83)67-49-69-51(73-53(71-49)89-47-39-63(17,18)81(87)64(19,20)40-47)75(45-35-59(9,10)79(85)60(11,12)36-45)29-27-25-26-28-30-76(46-37-61(13,14)80(86)62(15,16)38-46)52-70-50(68-44-33-57(5,6)78(84)58(7,8)34-44)72-54(74-52)90-48-41-65(21,22)82(88)66(23,24)42-48/h43-48H,25-42H2,1-24H3,(H,67,69,71,73)(H,68,70,72,74). The summed E-state index contributed by atoms with van der Waals surface area (Å²) in [7, 11) is 0. The Morgan fingerprint density at radius 3 is 0.789 bits per heavy atom. The van der Waals surface area contributed by atoms with Crippen LogP contribution < -0.4 is 29.9 Å². The van der Waals surface area contributed by atoms with E-state index in [1.54, 1.807) is 0 Å². The van der Waals surface area contributed by atoms with Crippen molar-refractivity contribution >= 4 is 23.8 Å². The van der Waals surface area contributed by atoms with E-state index in [1.807, 2.05) is 166 Å². The molecule has 24 nitrogen and oxygen atoms in total. The normalized spacial score (nSPS) is 27.5. The molecule has 0 aromatic carbocycles. The minimum Gasteiger partial charge on any atom is -0.460 e. The number of hydroxylamine groups is 12. The molecule has 6 fully saturated rings. The highest BCUT2D eigenvalue weighted by Crippen LogP contribution is 2.46. The number of nitrogens with one attached hydrogen (secondary N) is 2. The molecule has 0 aliphatic carbocycles. The lowest BCUT2D eigenvalue weighted by atomic mass is 9.78. The van der Waals surface area contributed by atoms with Crippen molar-refractivity contribution < 1.29 is 40.7 Å². The van der Waals surface area contributed by atoms with Gasteiger partial charge in [0.05, 0.1) is 0 Å². The summed E-state index contributed by atoms with van der Waals surface area (Å²) in [5.41, 5.74) is -8.29. The van der Waals surface area contributed by atoms with Crippen molar-refractivity contribution in [3.8, 4) is 12.0 Å². The Kier molecular flexibility index (Phi) is 19.9. The van der Waals surface area contributed by atoms with Crippen LogP contribution in [-0.4, -0.2) is 176 Å². The highest BCUT2D eigenvalue weighted by molar-refractivity contribution is 5.43. The van der Waals surface area contributed by atoms with Gasteiger partial charge in [-0.1, -0.05) is 12.8 Å². The van der Waals surface area contributed by atoms with Crippen LogP contribution in [0.4, 0.5) is 23.8 Å². The van der Waals surface area contributed by atoms with Crippen LogP contribution in [0.2, 0.25) is 0 Å². The summed E-state index contributed by atoms with van der Waals surface area (Å²) < 4.78 is 13.6. The summed E-state index contributed by atoms with van der Waals surface area (Å²) in [5, 5.41) is 96.8. The molecule has 6 radical (unpaired) electrons. The van der Waals surface area contributed by atoms with Gasteiger partial charge in [0.2, 0.25) is 23.8 Å². The lowest BCUT2D eigenvalue weighted by Gasteiger charge is -2.52. The molecule has 2 aromatic heterocycles. The predicted octanol–water partition coefficient (Wildman–Crippen LogP) is 11.7. The molecule has 8 heterocycles. The first-order chi connectivity index (χ1) is 40.9. The largest absolute Gasteiger partial charge is 0.460 e. The summed E-state index contributed by atoms with van der Waals surface area (Å²) in [6.07, 6.45) is 8.74. The first-order valence-electron chi connectivity index (χ1n) is 33.7. The summed E-state index contributed by atoms with van der Waals surface area (Å²) in [6, 6.07) is -0.256. The number of hydrogen-bond donors (Lipinski definition) is 2. The first-order valence-corrected chi connectivity index (χ1v) is 33.7. The second kappa shape index (κ2) is 24.8. The predicted molar refractivity (Wildman–Crippen MR) is 344 cm³/mol. The molecule has 90 heavy (non-hydrogen) atoms. The maximum atomic E-state index is 14.0. The summed E-state index contributed by atoms with van der Waals surface area (Å²) in [6.45, 7) is 48.5. The zero-order valence-electron chi connectivity index (χ0n) is 59.7. The van der Waals surface area contributed by atoms with E-state index in [0.29, 0.717) is 114 Å². The minimum atomic E-state index is -0.710. The maximum absolute atomic E-state index is 14.0. The van der Waals surface area contributed by atoms with E-state index in [2.05, 4.69) is 20.4 Å². The number of ether oxygens (including phenoxy) is 2. The molecular weight excluding hydrogens is 1140 g/mol. The van der Waals surface area contributed by atoms with Gasteiger partial charge in [0, 0.05) is 129 Å². The van der Waals surface area contributed by atoms with Gasteiger partial charge in [-0.3, -0.25) is 0 Å². The molecule has 0 unspecified atom stereocenters. The van der Waals surface area contributed by atoms with Crippen molar-refractivity contribution in [3.63, 3.8) is 0 Å². The average Bonchev–Trinajstić information content (AvgIpc) is 0.802. The van der Waals surface area contributed by atoms with Gasteiger partial charge in [-0.25, -0.2) is 0 Å². The molecule has 6 saturated heterocycles. The van der Waals surface area contributed by atoms with Crippen LogP contribution in [0.1, 0.15) is 269 Å². The van der Waals surface area contributed by atoms with Gasteiger partial charge >= 0.3 is 12.0 Å². The number of aromatic nitrogens is 6. The molecule has 6 aliphatic rings. The Balaban J connectivity index is 1.11. The maximum Gasteiger partial charge on any atom is 0.323 e. The fraction of sp³-hybridized carbons (Fsp3) is 0.909. The number of rotatable bonds is 19. The molecule has 0 atom stereocenters. The van der Waals surface area contributed by atoms with Crippen LogP contribution in [-0.2, 0) is 31.2 Å². The van der Waals surface area contributed by atoms with Crippen molar-refractivity contribution in [2.75, 3.05) is 33.5 Å². The quantitative estimate of drug-likeness (QED) is 0.124. The fourth-order valence-corrected chi connectivity index (χ4v) is 17.8. The van der Waals surface area contributed by atoms with Gasteiger partial charge in [-0.2, -0.15) is 29.9 Å². The molecule has 0 saturated carbocycles. The van der Waals surface area contributed by atoms with Crippen molar-refractivity contribution in [1.29, 1.82) is 0 Å². The Morgan fingerprint density at radius 1 is 0.322 bits per heavy atom. The molecule has 24 heteroatoms. The van der Waals surface area contributed by atoms with E-state index >= 15 is 0 Å². The van der Waals surface area contributed by atoms with E-state index in [1.165, 1.54) is 30.4 Å². The smallest absolute Gasteiger partial charge is 0.323 e. The molecule has 2 aromatic rings. The second-order valence-corrected chi connectivity index (χ2v) is 35.7. The topological polar surface area (TPSA) is 265 Å². The van der Waals surface area contributed by atoms with Gasteiger partial charge in [0.1, 0.15) is 12.2 Å². The van der Waals surface area contributed by atoms with Crippen molar-refractivity contribution in [2.24, 2.45) is 0 Å². The number of hydrogen-bond acceptors (Lipinski definition) is 18. The minimum absolute atomic E-state index is 0.140. The van der Waals surface area contributed by atoms with E-state index in [4.69, 9.17) is 39.4 Å². The van der Waals surface area contributed by atoms with Gasteiger partial charge in [-0.15, -0.1) is 61.6 Å². The Hall–Kier alpha value is -3.66. The Bertz CT molecular complexity index is 2390. The van der Waals surface area contributed by atoms with E-state index in [9.17, 15) is 31.2 Å².